The molecule has 24 heavy (non-hydrogen) atoms. The lowest BCUT2D eigenvalue weighted by Gasteiger charge is -2.57. The monoisotopic (exact) mass is 322 g/mol. The Bertz CT molecular complexity index is 680. The molecule has 5 rings (SSSR count). The van der Waals surface area contributed by atoms with Crippen molar-refractivity contribution in [2.75, 3.05) is 18.0 Å². The Balaban J connectivity index is 1.69. The summed E-state index contributed by atoms with van der Waals surface area (Å²) in [6.07, 6.45) is 6.48. The molecule has 3 fully saturated rings. The van der Waals surface area contributed by atoms with Crippen molar-refractivity contribution in [1.82, 2.24) is 4.90 Å². The van der Waals surface area contributed by atoms with Crippen LogP contribution in [0.2, 0.25) is 0 Å². The van der Waals surface area contributed by atoms with Crippen LogP contribution in [-0.4, -0.2) is 36.1 Å². The molecule has 0 saturated carbocycles. The number of piperidine rings is 2. The molecule has 5 unspecified atom stereocenters. The van der Waals surface area contributed by atoms with Crippen LogP contribution in [0.3, 0.4) is 0 Å². The van der Waals surface area contributed by atoms with Crippen LogP contribution in [0.25, 0.3) is 0 Å². The van der Waals surface area contributed by atoms with Gasteiger partial charge in [0.1, 0.15) is 0 Å². The van der Waals surface area contributed by atoms with Crippen molar-refractivity contribution in [3.05, 3.63) is 42.0 Å². The van der Waals surface area contributed by atoms with Crippen LogP contribution in [0, 0.1) is 5.41 Å². The summed E-state index contributed by atoms with van der Waals surface area (Å²) in [6.45, 7) is 11.9. The standard InChI is InChI=1S/C22H30N2/c1-4-15(3)19-14-22(5-2)11-13-23-12-10-17-16-8-6-7-9-18(16)24(19)20(17)21(22)23/h6-9,17,19-21H,3-5,10-14H2,1-2H3. The molecule has 1 aromatic carbocycles. The second-order valence-electron chi connectivity index (χ2n) is 8.53. The van der Waals surface area contributed by atoms with Crippen molar-refractivity contribution >= 4 is 5.69 Å². The normalized spacial score (nSPS) is 39.7. The minimum atomic E-state index is 0.519. The zero-order valence-corrected chi connectivity index (χ0v) is 15.2. The Morgan fingerprint density at radius 1 is 1.25 bits per heavy atom. The first-order chi connectivity index (χ1) is 11.7. The van der Waals surface area contributed by atoms with Crippen LogP contribution in [0.1, 0.15) is 57.4 Å². The van der Waals surface area contributed by atoms with E-state index in [1.165, 1.54) is 50.0 Å². The van der Waals surface area contributed by atoms with E-state index in [2.05, 4.69) is 54.5 Å². The van der Waals surface area contributed by atoms with Gasteiger partial charge in [-0.1, -0.05) is 44.2 Å². The van der Waals surface area contributed by atoms with E-state index in [9.17, 15) is 0 Å². The van der Waals surface area contributed by atoms with Gasteiger partial charge < -0.3 is 4.90 Å². The molecule has 0 N–H and O–H groups in total. The summed E-state index contributed by atoms with van der Waals surface area (Å²) < 4.78 is 0. The van der Waals surface area contributed by atoms with Crippen molar-refractivity contribution in [2.45, 2.75) is 70.0 Å². The van der Waals surface area contributed by atoms with Gasteiger partial charge in [0, 0.05) is 17.6 Å². The predicted molar refractivity (Wildman–Crippen MR) is 101 cm³/mol. The first kappa shape index (κ1) is 15.0. The SMILES string of the molecule is C=C(CC)C1CC2(CC)CCN3CCC4c5ccccc5N1C4C32. The van der Waals surface area contributed by atoms with Crippen molar-refractivity contribution in [3.8, 4) is 0 Å². The quantitative estimate of drug-likeness (QED) is 0.752. The van der Waals surface area contributed by atoms with Crippen molar-refractivity contribution in [2.24, 2.45) is 5.41 Å². The maximum Gasteiger partial charge on any atom is 0.0526 e. The van der Waals surface area contributed by atoms with Gasteiger partial charge in [0.2, 0.25) is 0 Å². The lowest BCUT2D eigenvalue weighted by atomic mass is 9.63. The fraction of sp³-hybridized carbons (Fsp3) is 0.636. The molecular formula is C22H30N2. The highest BCUT2D eigenvalue weighted by molar-refractivity contribution is 5.65. The van der Waals surface area contributed by atoms with Crippen LogP contribution >= 0.6 is 0 Å². The van der Waals surface area contributed by atoms with Gasteiger partial charge in [-0.25, -0.2) is 0 Å². The molecule has 0 bridgehead atoms. The van der Waals surface area contributed by atoms with Gasteiger partial charge in [-0.2, -0.15) is 0 Å². The number of hydrogen-bond donors (Lipinski definition) is 0. The first-order valence-corrected chi connectivity index (χ1v) is 9.99. The van der Waals surface area contributed by atoms with Crippen LogP contribution in [0.15, 0.2) is 36.4 Å². The zero-order valence-electron chi connectivity index (χ0n) is 15.2. The largest absolute Gasteiger partial charge is 0.359 e. The highest BCUT2D eigenvalue weighted by atomic mass is 15.3. The Hall–Kier alpha value is -1.28. The Labute approximate surface area is 146 Å². The van der Waals surface area contributed by atoms with Gasteiger partial charge in [0.25, 0.3) is 0 Å². The summed E-state index contributed by atoms with van der Waals surface area (Å²) in [7, 11) is 0. The smallest absolute Gasteiger partial charge is 0.0526 e. The second-order valence-corrected chi connectivity index (χ2v) is 8.53. The summed E-state index contributed by atoms with van der Waals surface area (Å²) in [4.78, 5) is 5.66. The van der Waals surface area contributed by atoms with E-state index < -0.39 is 0 Å². The summed E-state index contributed by atoms with van der Waals surface area (Å²) in [5.74, 6) is 0.735. The fourth-order valence-electron chi connectivity index (χ4n) is 6.64. The zero-order chi connectivity index (χ0) is 16.5. The van der Waals surface area contributed by atoms with E-state index in [1.54, 1.807) is 5.56 Å². The van der Waals surface area contributed by atoms with Gasteiger partial charge in [-0.15, -0.1) is 0 Å². The van der Waals surface area contributed by atoms with Gasteiger partial charge in [-0.05, 0) is 62.2 Å². The Kier molecular flexibility index (Phi) is 3.20. The molecule has 2 heteroatoms. The maximum atomic E-state index is 4.52. The van der Waals surface area contributed by atoms with Crippen LogP contribution < -0.4 is 4.90 Å². The molecule has 0 radical (unpaired) electrons. The maximum absolute atomic E-state index is 4.52. The molecule has 2 nitrogen and oxygen atoms in total. The third-order valence-electron chi connectivity index (χ3n) is 7.88. The van der Waals surface area contributed by atoms with E-state index >= 15 is 0 Å². The molecule has 128 valence electrons. The molecule has 0 aliphatic carbocycles. The molecule has 4 heterocycles. The summed E-state index contributed by atoms with van der Waals surface area (Å²) >= 11 is 0. The van der Waals surface area contributed by atoms with Crippen LogP contribution in [-0.2, 0) is 0 Å². The summed E-state index contributed by atoms with van der Waals surface area (Å²) in [5, 5.41) is 0. The van der Waals surface area contributed by atoms with Crippen LogP contribution in [0.5, 0.6) is 0 Å². The molecule has 1 aromatic rings. The molecule has 0 amide bonds. The Morgan fingerprint density at radius 3 is 2.88 bits per heavy atom. The topological polar surface area (TPSA) is 6.48 Å². The van der Waals surface area contributed by atoms with Gasteiger partial charge in [0.15, 0.2) is 0 Å². The fourth-order valence-corrected chi connectivity index (χ4v) is 6.64. The molecular weight excluding hydrogens is 292 g/mol. The summed E-state index contributed by atoms with van der Waals surface area (Å²) in [6, 6.07) is 11.2. The van der Waals surface area contributed by atoms with E-state index in [0.717, 1.165) is 18.4 Å². The van der Waals surface area contributed by atoms with E-state index in [-0.39, 0.29) is 0 Å². The minimum Gasteiger partial charge on any atom is -0.359 e. The van der Waals surface area contributed by atoms with Gasteiger partial charge >= 0.3 is 0 Å². The average molecular weight is 322 g/mol. The number of para-hydroxylation sites is 1. The summed E-state index contributed by atoms with van der Waals surface area (Å²) in [5.41, 5.74) is 5.10. The van der Waals surface area contributed by atoms with E-state index in [0.29, 0.717) is 17.5 Å². The van der Waals surface area contributed by atoms with E-state index in [1.807, 2.05) is 0 Å². The van der Waals surface area contributed by atoms with Gasteiger partial charge in [-0.3, -0.25) is 4.90 Å². The number of fused-ring (bicyclic) bond motifs is 3. The molecule has 3 saturated heterocycles. The third-order valence-corrected chi connectivity index (χ3v) is 7.88. The Morgan fingerprint density at radius 2 is 2.08 bits per heavy atom. The molecule has 4 aliphatic heterocycles. The van der Waals surface area contributed by atoms with Crippen molar-refractivity contribution in [1.29, 1.82) is 0 Å². The molecule has 5 atom stereocenters. The molecule has 0 aromatic heterocycles. The number of benzene rings is 1. The molecule has 0 spiro atoms. The molecule has 4 aliphatic rings. The van der Waals surface area contributed by atoms with Crippen molar-refractivity contribution in [3.63, 3.8) is 0 Å². The van der Waals surface area contributed by atoms with Gasteiger partial charge in [0.05, 0.1) is 12.1 Å². The lowest BCUT2D eigenvalue weighted by molar-refractivity contribution is 0.0419. The highest BCUT2D eigenvalue weighted by Gasteiger charge is 2.62. The minimum absolute atomic E-state index is 0.519. The van der Waals surface area contributed by atoms with Crippen molar-refractivity contribution < 1.29 is 0 Å². The second kappa shape index (κ2) is 5.11. The number of rotatable bonds is 3. The number of hydrogen-bond acceptors (Lipinski definition) is 2. The predicted octanol–water partition coefficient (Wildman–Crippen LogP) is 4.57. The van der Waals surface area contributed by atoms with E-state index in [4.69, 9.17) is 0 Å². The average Bonchev–Trinajstić information content (AvgIpc) is 3.16. The highest BCUT2D eigenvalue weighted by Crippen LogP contribution is 2.60. The van der Waals surface area contributed by atoms with Crippen LogP contribution in [0.4, 0.5) is 5.69 Å². The first-order valence-electron chi connectivity index (χ1n) is 9.99. The number of anilines is 1. The lowest BCUT2D eigenvalue weighted by Crippen LogP contribution is -2.65. The third kappa shape index (κ3) is 1.71. The number of nitrogens with zero attached hydrogens (tertiary/aromatic N) is 2.